The second-order valence-electron chi connectivity index (χ2n) is 2.77. The van der Waals surface area contributed by atoms with Gasteiger partial charge in [-0.05, 0) is 0 Å². The lowest BCUT2D eigenvalue weighted by Gasteiger charge is -2.00. The summed E-state index contributed by atoms with van der Waals surface area (Å²) in [6, 6.07) is 0. The number of hydrogen-bond acceptors (Lipinski definition) is 5. The molecule has 4 nitrogen and oxygen atoms in total. The fourth-order valence-corrected chi connectivity index (χ4v) is 2.08. The van der Waals surface area contributed by atoms with Crippen molar-refractivity contribution in [3.8, 4) is 0 Å². The van der Waals surface area contributed by atoms with Gasteiger partial charge < -0.3 is 5.32 Å². The summed E-state index contributed by atoms with van der Waals surface area (Å²) in [5, 5.41) is 8.13. The van der Waals surface area contributed by atoms with Crippen molar-refractivity contribution < 1.29 is 17.4 Å². The van der Waals surface area contributed by atoms with Crippen LogP contribution in [0.2, 0.25) is 0 Å². The van der Waals surface area contributed by atoms with Gasteiger partial charge in [0.25, 0.3) is 0 Å². The van der Waals surface area contributed by atoms with Crippen molar-refractivity contribution in [1.29, 1.82) is 0 Å². The summed E-state index contributed by atoms with van der Waals surface area (Å²) in [6.45, 7) is 2.11. The second-order valence-corrected chi connectivity index (χ2v) is 5.61. The summed E-state index contributed by atoms with van der Waals surface area (Å²) >= 11 is 0.442. The lowest BCUT2D eigenvalue weighted by atomic mass is 10.7. The van der Waals surface area contributed by atoms with Crippen LogP contribution in [0.5, 0.6) is 0 Å². The van der Waals surface area contributed by atoms with Crippen LogP contribution >= 0.6 is 11.3 Å². The lowest BCUT2D eigenvalue weighted by molar-refractivity contribution is -0.138. The number of alkyl halides is 3. The third-order valence-electron chi connectivity index (χ3n) is 1.60. The Kier molecular flexibility index (Phi) is 4.66. The second kappa shape index (κ2) is 5.58. The van der Waals surface area contributed by atoms with E-state index >= 15 is 0 Å². The van der Waals surface area contributed by atoms with Gasteiger partial charge in [-0.3, -0.25) is 4.21 Å². The Labute approximate surface area is 96.7 Å². The Morgan fingerprint density at radius 3 is 2.62 bits per heavy atom. The molecule has 1 heterocycles. The number of hydrogen-bond donors (Lipinski definition) is 1. The molecular weight excluding hydrogens is 263 g/mol. The van der Waals surface area contributed by atoms with E-state index in [1.165, 1.54) is 0 Å². The van der Waals surface area contributed by atoms with Crippen molar-refractivity contribution in [2.24, 2.45) is 0 Å². The molecule has 0 saturated carbocycles. The first-order chi connectivity index (χ1) is 7.43. The topological polar surface area (TPSA) is 54.9 Å². The zero-order chi connectivity index (χ0) is 12.2. The maximum atomic E-state index is 12.1. The Morgan fingerprint density at radius 1 is 1.44 bits per heavy atom. The number of rotatable bonds is 5. The molecule has 1 rings (SSSR count). The molecule has 0 aromatic carbocycles. The average molecular weight is 273 g/mol. The van der Waals surface area contributed by atoms with Crippen molar-refractivity contribution in [3.63, 3.8) is 0 Å². The predicted molar refractivity (Wildman–Crippen MR) is 57.0 cm³/mol. The van der Waals surface area contributed by atoms with Gasteiger partial charge in [0.1, 0.15) is 0 Å². The fraction of sp³-hybridized carbons (Fsp3) is 0.714. The SMILES string of the molecule is CCS(=O)CCNc1nnc(C(F)(F)F)s1. The monoisotopic (exact) mass is 273 g/mol. The van der Waals surface area contributed by atoms with Crippen molar-refractivity contribution in [2.75, 3.05) is 23.4 Å². The molecule has 92 valence electrons. The van der Waals surface area contributed by atoms with Crippen LogP contribution in [0.1, 0.15) is 11.9 Å². The molecule has 0 radical (unpaired) electrons. The Hall–Kier alpha value is -0.700. The largest absolute Gasteiger partial charge is 0.445 e. The molecule has 1 aromatic heterocycles. The van der Waals surface area contributed by atoms with Crippen molar-refractivity contribution in [1.82, 2.24) is 10.2 Å². The van der Waals surface area contributed by atoms with Crippen LogP contribution in [0.15, 0.2) is 0 Å². The number of aromatic nitrogens is 2. The molecule has 0 bridgehead atoms. The molecule has 16 heavy (non-hydrogen) atoms. The summed E-state index contributed by atoms with van der Waals surface area (Å²) in [6.07, 6.45) is -4.45. The first-order valence-corrected chi connectivity index (χ1v) is 6.73. The molecule has 9 heteroatoms. The highest BCUT2D eigenvalue weighted by molar-refractivity contribution is 7.84. The number of anilines is 1. The Morgan fingerprint density at radius 2 is 2.12 bits per heavy atom. The molecule has 1 N–H and O–H groups in total. The van der Waals surface area contributed by atoms with Crippen molar-refractivity contribution in [3.05, 3.63) is 5.01 Å². The van der Waals surface area contributed by atoms with Gasteiger partial charge in [-0.2, -0.15) is 13.2 Å². The van der Waals surface area contributed by atoms with Crippen molar-refractivity contribution >= 4 is 27.3 Å². The van der Waals surface area contributed by atoms with Gasteiger partial charge in [-0.25, -0.2) is 0 Å². The molecule has 0 fully saturated rings. The van der Waals surface area contributed by atoms with Gasteiger partial charge in [0.15, 0.2) is 0 Å². The summed E-state index contributed by atoms with van der Waals surface area (Å²) in [4.78, 5) is 0. The van der Waals surface area contributed by atoms with E-state index in [1.54, 1.807) is 6.92 Å². The van der Waals surface area contributed by atoms with Crippen LogP contribution in [0.4, 0.5) is 18.3 Å². The smallest absolute Gasteiger partial charge is 0.359 e. The molecule has 0 aliphatic heterocycles. The predicted octanol–water partition coefficient (Wildman–Crippen LogP) is 1.74. The minimum absolute atomic E-state index is 0.0976. The highest BCUT2D eigenvalue weighted by Crippen LogP contribution is 2.32. The molecule has 0 amide bonds. The maximum absolute atomic E-state index is 12.1. The zero-order valence-corrected chi connectivity index (χ0v) is 10.0. The van der Waals surface area contributed by atoms with E-state index in [0.29, 0.717) is 29.4 Å². The van der Waals surface area contributed by atoms with Crippen LogP contribution < -0.4 is 5.32 Å². The molecule has 1 aromatic rings. The molecule has 0 spiro atoms. The Balaban J connectivity index is 2.44. The number of halogens is 3. The van der Waals surface area contributed by atoms with E-state index < -0.39 is 22.0 Å². The summed E-state index contributed by atoms with van der Waals surface area (Å²) in [5.41, 5.74) is 0. The first kappa shape index (κ1) is 13.4. The van der Waals surface area contributed by atoms with Gasteiger partial charge in [0.05, 0.1) is 0 Å². The summed E-state index contributed by atoms with van der Waals surface area (Å²) in [5.74, 6) is 0.920. The van der Waals surface area contributed by atoms with E-state index in [0.717, 1.165) is 0 Å². The molecule has 1 atom stereocenters. The van der Waals surface area contributed by atoms with E-state index in [1.807, 2.05) is 0 Å². The van der Waals surface area contributed by atoms with Crippen LogP contribution in [0.3, 0.4) is 0 Å². The first-order valence-electron chi connectivity index (χ1n) is 4.43. The molecule has 0 saturated heterocycles. The maximum Gasteiger partial charge on any atom is 0.445 e. The van der Waals surface area contributed by atoms with Gasteiger partial charge in [0.2, 0.25) is 10.1 Å². The minimum Gasteiger partial charge on any atom is -0.359 e. The highest BCUT2D eigenvalue weighted by atomic mass is 32.2. The molecule has 0 aliphatic carbocycles. The van der Waals surface area contributed by atoms with Gasteiger partial charge >= 0.3 is 6.18 Å². The third kappa shape index (κ3) is 4.05. The summed E-state index contributed by atoms with van der Waals surface area (Å²) < 4.78 is 47.4. The minimum atomic E-state index is -4.45. The van der Waals surface area contributed by atoms with Crippen LogP contribution in [0, 0.1) is 0 Å². The normalized spacial score (nSPS) is 13.8. The quantitative estimate of drug-likeness (QED) is 0.888. The average Bonchev–Trinajstić information content (AvgIpc) is 2.65. The van der Waals surface area contributed by atoms with Gasteiger partial charge in [0, 0.05) is 28.9 Å². The Bertz CT molecular complexity index is 366. The standard InChI is InChI=1S/C7H10F3N3OS2/c1-2-16(14)4-3-11-6-13-12-5(15-6)7(8,9)10/h2-4H2,1H3,(H,11,13). The van der Waals surface area contributed by atoms with E-state index in [4.69, 9.17) is 0 Å². The van der Waals surface area contributed by atoms with Gasteiger partial charge in [-0.15, -0.1) is 10.2 Å². The fourth-order valence-electron chi connectivity index (χ4n) is 0.825. The van der Waals surface area contributed by atoms with Crippen LogP contribution in [-0.4, -0.2) is 32.5 Å². The van der Waals surface area contributed by atoms with Crippen molar-refractivity contribution in [2.45, 2.75) is 13.1 Å². The molecule has 1 unspecified atom stereocenters. The van der Waals surface area contributed by atoms with E-state index in [-0.39, 0.29) is 5.13 Å². The van der Waals surface area contributed by atoms with Crippen LogP contribution in [-0.2, 0) is 17.0 Å². The van der Waals surface area contributed by atoms with Gasteiger partial charge in [-0.1, -0.05) is 18.3 Å². The zero-order valence-electron chi connectivity index (χ0n) is 8.37. The lowest BCUT2D eigenvalue weighted by Crippen LogP contribution is -2.11. The number of nitrogens with zero attached hydrogens (tertiary/aromatic N) is 2. The van der Waals surface area contributed by atoms with E-state index in [2.05, 4.69) is 15.5 Å². The third-order valence-corrected chi connectivity index (χ3v) is 3.82. The molecule has 0 aliphatic rings. The highest BCUT2D eigenvalue weighted by Gasteiger charge is 2.35. The number of nitrogens with one attached hydrogen (secondary N) is 1. The van der Waals surface area contributed by atoms with E-state index in [9.17, 15) is 17.4 Å². The summed E-state index contributed by atoms with van der Waals surface area (Å²) in [7, 11) is -0.939. The van der Waals surface area contributed by atoms with Crippen LogP contribution in [0.25, 0.3) is 0 Å². The molecular formula is C7H10F3N3OS2.